The van der Waals surface area contributed by atoms with E-state index < -0.39 is 0 Å². The minimum atomic E-state index is 0.0415. The quantitative estimate of drug-likeness (QED) is 0.779. The van der Waals surface area contributed by atoms with Gasteiger partial charge in [-0.2, -0.15) is 0 Å². The van der Waals surface area contributed by atoms with Crippen LogP contribution in [0.5, 0.6) is 11.5 Å². The number of benzene rings is 1. The zero-order chi connectivity index (χ0) is 17.6. The standard InChI is InChI=1S/C17H22N4O3S/c1-13-16(25-19-18-13)17(22)21-8-6-20(7-9-21)10-11-24-15-5-3-4-14(12-15)23-2/h3-5,12H,6-11H2,1-2H3. The number of carbonyl (C=O) groups is 1. The molecule has 1 aliphatic rings. The highest BCUT2D eigenvalue weighted by Crippen LogP contribution is 2.19. The Morgan fingerprint density at radius 2 is 2.00 bits per heavy atom. The summed E-state index contributed by atoms with van der Waals surface area (Å²) in [6.07, 6.45) is 0. The molecule has 0 saturated carbocycles. The minimum absolute atomic E-state index is 0.0415. The largest absolute Gasteiger partial charge is 0.497 e. The number of hydrogen-bond donors (Lipinski definition) is 0. The summed E-state index contributed by atoms with van der Waals surface area (Å²) in [6, 6.07) is 7.60. The molecule has 2 heterocycles. The lowest BCUT2D eigenvalue weighted by Crippen LogP contribution is -2.49. The van der Waals surface area contributed by atoms with Crippen LogP contribution >= 0.6 is 11.5 Å². The van der Waals surface area contributed by atoms with Gasteiger partial charge in [0.1, 0.15) is 23.0 Å². The molecule has 0 N–H and O–H groups in total. The summed E-state index contributed by atoms with van der Waals surface area (Å²) in [6.45, 7) is 6.39. The molecule has 1 aliphatic heterocycles. The number of rotatable bonds is 6. The van der Waals surface area contributed by atoms with Crippen molar-refractivity contribution in [2.45, 2.75) is 6.92 Å². The highest BCUT2D eigenvalue weighted by atomic mass is 32.1. The van der Waals surface area contributed by atoms with Gasteiger partial charge in [-0.1, -0.05) is 10.6 Å². The zero-order valence-corrected chi connectivity index (χ0v) is 15.3. The zero-order valence-electron chi connectivity index (χ0n) is 14.5. The van der Waals surface area contributed by atoms with E-state index in [1.807, 2.05) is 36.1 Å². The average Bonchev–Trinajstić information content (AvgIpc) is 3.08. The predicted octanol–water partition coefficient (Wildman–Crippen LogP) is 1.69. The normalized spacial score (nSPS) is 15.2. The fourth-order valence-electron chi connectivity index (χ4n) is 2.73. The lowest BCUT2D eigenvalue weighted by Gasteiger charge is -2.34. The van der Waals surface area contributed by atoms with Gasteiger partial charge in [0.25, 0.3) is 5.91 Å². The van der Waals surface area contributed by atoms with E-state index in [-0.39, 0.29) is 5.91 Å². The molecule has 0 atom stereocenters. The van der Waals surface area contributed by atoms with Gasteiger partial charge in [0.05, 0.1) is 12.8 Å². The topological polar surface area (TPSA) is 67.8 Å². The number of nitrogens with zero attached hydrogens (tertiary/aromatic N) is 4. The molecule has 0 unspecified atom stereocenters. The lowest BCUT2D eigenvalue weighted by atomic mass is 10.2. The van der Waals surface area contributed by atoms with E-state index in [4.69, 9.17) is 9.47 Å². The molecule has 0 aliphatic carbocycles. The second kappa shape index (κ2) is 8.26. The molecule has 25 heavy (non-hydrogen) atoms. The summed E-state index contributed by atoms with van der Waals surface area (Å²) >= 11 is 1.17. The minimum Gasteiger partial charge on any atom is -0.497 e. The van der Waals surface area contributed by atoms with Gasteiger partial charge < -0.3 is 14.4 Å². The van der Waals surface area contributed by atoms with E-state index in [2.05, 4.69) is 14.5 Å². The maximum Gasteiger partial charge on any atom is 0.267 e. The van der Waals surface area contributed by atoms with E-state index in [1.54, 1.807) is 7.11 Å². The Labute approximate surface area is 151 Å². The Morgan fingerprint density at radius 1 is 1.24 bits per heavy atom. The van der Waals surface area contributed by atoms with Crippen molar-refractivity contribution in [2.24, 2.45) is 0 Å². The number of methoxy groups -OCH3 is 1. The first-order chi connectivity index (χ1) is 12.2. The Hall–Kier alpha value is -2.19. The molecule has 134 valence electrons. The van der Waals surface area contributed by atoms with Crippen LogP contribution in [0.15, 0.2) is 24.3 Å². The van der Waals surface area contributed by atoms with Gasteiger partial charge in [0, 0.05) is 38.8 Å². The predicted molar refractivity (Wildman–Crippen MR) is 95.5 cm³/mol. The molecule has 1 aromatic heterocycles. The molecule has 1 fully saturated rings. The third-order valence-corrected chi connectivity index (χ3v) is 5.04. The van der Waals surface area contributed by atoms with Crippen LogP contribution in [-0.2, 0) is 0 Å². The summed E-state index contributed by atoms with van der Waals surface area (Å²) in [5.41, 5.74) is 0.712. The maximum atomic E-state index is 12.4. The first-order valence-corrected chi connectivity index (χ1v) is 9.02. The van der Waals surface area contributed by atoms with Crippen LogP contribution in [0.1, 0.15) is 15.4 Å². The molecule has 2 aromatic rings. The Bertz CT molecular complexity index is 713. The van der Waals surface area contributed by atoms with Gasteiger partial charge in [-0.05, 0) is 30.6 Å². The second-order valence-electron chi connectivity index (χ2n) is 5.85. The van der Waals surface area contributed by atoms with Crippen LogP contribution in [0.4, 0.5) is 0 Å². The summed E-state index contributed by atoms with van der Waals surface area (Å²) in [5.74, 6) is 1.64. The smallest absolute Gasteiger partial charge is 0.267 e. The third kappa shape index (κ3) is 4.46. The summed E-state index contributed by atoms with van der Waals surface area (Å²) in [5, 5.41) is 3.91. The molecule has 1 saturated heterocycles. The molecule has 1 amide bonds. The average molecular weight is 362 g/mol. The maximum absolute atomic E-state index is 12.4. The van der Waals surface area contributed by atoms with Crippen LogP contribution in [-0.4, -0.2) is 71.7 Å². The highest BCUT2D eigenvalue weighted by molar-refractivity contribution is 7.07. The summed E-state index contributed by atoms with van der Waals surface area (Å²) in [7, 11) is 1.64. The number of piperazine rings is 1. The monoisotopic (exact) mass is 362 g/mol. The van der Waals surface area contributed by atoms with Gasteiger partial charge in [-0.15, -0.1) is 5.10 Å². The molecule has 1 aromatic carbocycles. The van der Waals surface area contributed by atoms with Crippen molar-refractivity contribution < 1.29 is 14.3 Å². The van der Waals surface area contributed by atoms with Crippen molar-refractivity contribution >= 4 is 17.4 Å². The van der Waals surface area contributed by atoms with Gasteiger partial charge in [0.2, 0.25) is 0 Å². The van der Waals surface area contributed by atoms with E-state index in [0.29, 0.717) is 17.2 Å². The fourth-order valence-corrected chi connectivity index (χ4v) is 3.35. The number of aromatic nitrogens is 2. The molecule has 0 radical (unpaired) electrons. The van der Waals surface area contributed by atoms with Crippen LogP contribution in [0.3, 0.4) is 0 Å². The van der Waals surface area contributed by atoms with E-state index in [9.17, 15) is 4.79 Å². The van der Waals surface area contributed by atoms with Crippen molar-refractivity contribution in [1.82, 2.24) is 19.4 Å². The molecule has 8 heteroatoms. The molecule has 0 spiro atoms. The van der Waals surface area contributed by atoms with Crippen LogP contribution in [0.25, 0.3) is 0 Å². The summed E-state index contributed by atoms with van der Waals surface area (Å²) < 4.78 is 14.8. The third-order valence-electron chi connectivity index (χ3n) is 4.22. The summed E-state index contributed by atoms with van der Waals surface area (Å²) in [4.78, 5) is 17.3. The molecular weight excluding hydrogens is 340 g/mol. The fraction of sp³-hybridized carbons (Fsp3) is 0.471. The van der Waals surface area contributed by atoms with Crippen molar-refractivity contribution in [3.05, 3.63) is 34.8 Å². The van der Waals surface area contributed by atoms with E-state index in [0.717, 1.165) is 44.2 Å². The van der Waals surface area contributed by atoms with Crippen LogP contribution in [0.2, 0.25) is 0 Å². The molecule has 7 nitrogen and oxygen atoms in total. The van der Waals surface area contributed by atoms with Crippen LogP contribution in [0, 0.1) is 6.92 Å². The second-order valence-corrected chi connectivity index (χ2v) is 6.60. The number of ether oxygens (including phenoxy) is 2. The SMILES string of the molecule is COc1cccc(OCCN2CCN(C(=O)c3snnc3C)CC2)c1. The Balaban J connectivity index is 1.42. The molecule has 0 bridgehead atoms. The number of carbonyl (C=O) groups excluding carboxylic acids is 1. The first kappa shape index (κ1) is 17.6. The van der Waals surface area contributed by atoms with Crippen molar-refractivity contribution in [3.63, 3.8) is 0 Å². The first-order valence-electron chi connectivity index (χ1n) is 8.25. The van der Waals surface area contributed by atoms with Crippen molar-refractivity contribution in [2.75, 3.05) is 46.4 Å². The van der Waals surface area contributed by atoms with Crippen LogP contribution < -0.4 is 9.47 Å². The molecular formula is C17H22N4O3S. The number of hydrogen-bond acceptors (Lipinski definition) is 7. The Morgan fingerprint density at radius 3 is 2.68 bits per heavy atom. The van der Waals surface area contributed by atoms with Crippen molar-refractivity contribution in [1.29, 1.82) is 0 Å². The van der Waals surface area contributed by atoms with Gasteiger partial charge in [-0.3, -0.25) is 9.69 Å². The van der Waals surface area contributed by atoms with Gasteiger partial charge >= 0.3 is 0 Å². The molecule has 3 rings (SSSR count). The highest BCUT2D eigenvalue weighted by Gasteiger charge is 2.24. The number of aryl methyl sites for hydroxylation is 1. The van der Waals surface area contributed by atoms with Gasteiger partial charge in [-0.25, -0.2) is 0 Å². The van der Waals surface area contributed by atoms with Crippen molar-refractivity contribution in [3.8, 4) is 11.5 Å². The number of amides is 1. The van der Waals surface area contributed by atoms with E-state index in [1.165, 1.54) is 11.5 Å². The lowest BCUT2D eigenvalue weighted by molar-refractivity contribution is 0.0624. The van der Waals surface area contributed by atoms with Gasteiger partial charge in [0.15, 0.2) is 0 Å². The Kier molecular flexibility index (Phi) is 5.83. The van der Waals surface area contributed by atoms with E-state index >= 15 is 0 Å².